The highest BCUT2D eigenvalue weighted by atomic mass is 35.5. The smallest absolute Gasteiger partial charge is 0.471 e. The lowest BCUT2D eigenvalue weighted by Crippen LogP contribution is -2.09. The summed E-state index contributed by atoms with van der Waals surface area (Å²) in [5.74, 6) is -1.43. The van der Waals surface area contributed by atoms with E-state index < -0.39 is 18.2 Å². The van der Waals surface area contributed by atoms with Crippen molar-refractivity contribution in [1.29, 1.82) is 0 Å². The van der Waals surface area contributed by atoms with Crippen LogP contribution >= 0.6 is 11.6 Å². The first-order valence-electron chi connectivity index (χ1n) is 7.11. The number of nitrogens with zero attached hydrogens (tertiary/aromatic N) is 3. The van der Waals surface area contributed by atoms with E-state index in [9.17, 15) is 18.0 Å². The van der Waals surface area contributed by atoms with Gasteiger partial charge in [-0.1, -0.05) is 41.0 Å². The summed E-state index contributed by atoms with van der Waals surface area (Å²) in [6, 6.07) is 7.41. The molecule has 0 N–H and O–H groups in total. The van der Waals surface area contributed by atoms with E-state index in [1.54, 1.807) is 0 Å². The number of halogens is 4. The zero-order valence-corrected chi connectivity index (χ0v) is 13.5. The predicted octanol–water partition coefficient (Wildman–Crippen LogP) is 4.12. The standard InChI is InChI=1S/C16H9ClF3N3O3/c17-11-5-6-21-7-12(11)25-13(8-24)9-1-3-10(4-2-9)14-22-15(26-23-14)16(18,19)20/h1-8,13H. The summed E-state index contributed by atoms with van der Waals surface area (Å²) >= 11 is 5.96. The molecule has 134 valence electrons. The molecule has 0 spiro atoms. The molecule has 3 aromatic rings. The molecule has 0 aliphatic rings. The minimum Gasteiger partial charge on any atom is -0.475 e. The Bertz CT molecular complexity index is 913. The Labute approximate surface area is 149 Å². The molecule has 1 aromatic carbocycles. The van der Waals surface area contributed by atoms with Crippen LogP contribution in [0.1, 0.15) is 17.6 Å². The van der Waals surface area contributed by atoms with Crippen LogP contribution in [0.15, 0.2) is 47.2 Å². The summed E-state index contributed by atoms with van der Waals surface area (Å²) in [4.78, 5) is 18.5. The topological polar surface area (TPSA) is 78.1 Å². The minimum atomic E-state index is -4.72. The van der Waals surface area contributed by atoms with Gasteiger partial charge in [-0.05, 0) is 11.6 Å². The number of benzene rings is 1. The molecule has 0 radical (unpaired) electrons. The van der Waals surface area contributed by atoms with Gasteiger partial charge in [-0.25, -0.2) is 0 Å². The van der Waals surface area contributed by atoms with E-state index in [4.69, 9.17) is 16.3 Å². The van der Waals surface area contributed by atoms with Gasteiger partial charge >= 0.3 is 12.1 Å². The highest BCUT2D eigenvalue weighted by Gasteiger charge is 2.38. The molecule has 0 bridgehead atoms. The normalized spacial score (nSPS) is 12.6. The molecule has 0 aliphatic carbocycles. The van der Waals surface area contributed by atoms with Crippen LogP contribution in [0, 0.1) is 0 Å². The molecule has 26 heavy (non-hydrogen) atoms. The molecule has 2 heterocycles. The molecule has 0 amide bonds. The van der Waals surface area contributed by atoms with Crippen LogP contribution in [0.4, 0.5) is 13.2 Å². The number of pyridine rings is 1. The van der Waals surface area contributed by atoms with E-state index in [-0.39, 0.29) is 22.2 Å². The Kier molecular flexibility index (Phi) is 4.90. The van der Waals surface area contributed by atoms with Crippen LogP contribution in [0.2, 0.25) is 5.02 Å². The van der Waals surface area contributed by atoms with Crippen molar-refractivity contribution in [2.45, 2.75) is 12.3 Å². The van der Waals surface area contributed by atoms with Gasteiger partial charge in [0.25, 0.3) is 0 Å². The molecule has 1 atom stereocenters. The quantitative estimate of drug-likeness (QED) is 0.617. The van der Waals surface area contributed by atoms with Gasteiger partial charge in [-0.15, -0.1) is 0 Å². The second-order valence-electron chi connectivity index (χ2n) is 5.02. The molecule has 6 nitrogen and oxygen atoms in total. The van der Waals surface area contributed by atoms with Gasteiger partial charge in [0.1, 0.15) is 0 Å². The fourth-order valence-corrected chi connectivity index (χ4v) is 2.19. The summed E-state index contributed by atoms with van der Waals surface area (Å²) in [7, 11) is 0. The fourth-order valence-electron chi connectivity index (χ4n) is 2.04. The maximum absolute atomic E-state index is 12.5. The van der Waals surface area contributed by atoms with Crippen molar-refractivity contribution in [2.75, 3.05) is 0 Å². The van der Waals surface area contributed by atoms with E-state index in [2.05, 4.69) is 19.6 Å². The largest absolute Gasteiger partial charge is 0.475 e. The Hall–Kier alpha value is -2.94. The Morgan fingerprint density at radius 2 is 1.92 bits per heavy atom. The average molecular weight is 384 g/mol. The molecule has 2 aromatic heterocycles. The number of aldehydes is 1. The van der Waals surface area contributed by atoms with Gasteiger partial charge in [0.2, 0.25) is 5.82 Å². The maximum atomic E-state index is 12.5. The number of hydrogen-bond acceptors (Lipinski definition) is 6. The SMILES string of the molecule is O=CC(Oc1cnccc1Cl)c1ccc(-c2noc(C(F)(F)F)n2)cc1. The van der Waals surface area contributed by atoms with E-state index in [1.165, 1.54) is 42.7 Å². The van der Waals surface area contributed by atoms with Crippen molar-refractivity contribution in [3.8, 4) is 17.1 Å². The lowest BCUT2D eigenvalue weighted by Gasteiger charge is -2.14. The van der Waals surface area contributed by atoms with Gasteiger partial charge in [-0.2, -0.15) is 18.2 Å². The first kappa shape index (κ1) is 17.9. The minimum absolute atomic E-state index is 0.220. The molecular formula is C16H9ClF3N3O3. The van der Waals surface area contributed by atoms with Crippen LogP contribution in [0.5, 0.6) is 5.75 Å². The third-order valence-electron chi connectivity index (χ3n) is 3.28. The lowest BCUT2D eigenvalue weighted by atomic mass is 10.1. The van der Waals surface area contributed by atoms with Gasteiger partial charge in [-0.3, -0.25) is 9.78 Å². The van der Waals surface area contributed by atoms with Crippen LogP contribution in [-0.2, 0) is 11.0 Å². The zero-order chi connectivity index (χ0) is 18.7. The number of ether oxygens (including phenoxy) is 1. The van der Waals surface area contributed by atoms with Crippen molar-refractivity contribution < 1.29 is 27.2 Å². The molecule has 0 saturated heterocycles. The van der Waals surface area contributed by atoms with Crippen LogP contribution in [0.3, 0.4) is 0 Å². The lowest BCUT2D eigenvalue weighted by molar-refractivity contribution is -0.159. The van der Waals surface area contributed by atoms with E-state index in [0.717, 1.165) is 0 Å². The van der Waals surface area contributed by atoms with Gasteiger partial charge in [0, 0.05) is 11.8 Å². The van der Waals surface area contributed by atoms with Gasteiger partial charge < -0.3 is 9.26 Å². The molecule has 0 fully saturated rings. The second kappa shape index (κ2) is 7.12. The molecule has 0 saturated carbocycles. The number of carbonyl (C=O) groups excluding carboxylic acids is 1. The Balaban J connectivity index is 1.81. The Morgan fingerprint density at radius 3 is 2.50 bits per heavy atom. The van der Waals surface area contributed by atoms with Gasteiger partial charge in [0.05, 0.1) is 11.2 Å². The predicted molar refractivity (Wildman–Crippen MR) is 83.4 cm³/mol. The highest BCUT2D eigenvalue weighted by molar-refractivity contribution is 6.31. The van der Waals surface area contributed by atoms with Crippen molar-refractivity contribution in [2.24, 2.45) is 0 Å². The average Bonchev–Trinajstić information content (AvgIpc) is 3.12. The number of carbonyl (C=O) groups is 1. The van der Waals surface area contributed by atoms with Crippen molar-refractivity contribution in [1.82, 2.24) is 15.1 Å². The molecule has 10 heteroatoms. The highest BCUT2D eigenvalue weighted by Crippen LogP contribution is 2.30. The number of hydrogen-bond donors (Lipinski definition) is 0. The van der Waals surface area contributed by atoms with Crippen LogP contribution < -0.4 is 4.74 Å². The fraction of sp³-hybridized carbons (Fsp3) is 0.125. The van der Waals surface area contributed by atoms with Crippen molar-refractivity contribution >= 4 is 17.9 Å². The summed E-state index contributed by atoms with van der Waals surface area (Å²) in [6.45, 7) is 0. The number of alkyl halides is 3. The summed E-state index contributed by atoms with van der Waals surface area (Å²) < 4.78 is 47.2. The van der Waals surface area contributed by atoms with Crippen molar-refractivity contribution in [3.05, 3.63) is 59.2 Å². The summed E-state index contributed by atoms with van der Waals surface area (Å²) in [6.07, 6.45) is -2.29. The molecule has 3 rings (SSSR count). The monoisotopic (exact) mass is 383 g/mol. The second-order valence-corrected chi connectivity index (χ2v) is 5.43. The third kappa shape index (κ3) is 3.83. The van der Waals surface area contributed by atoms with Crippen LogP contribution in [0.25, 0.3) is 11.4 Å². The first-order chi connectivity index (χ1) is 12.4. The van der Waals surface area contributed by atoms with E-state index >= 15 is 0 Å². The van der Waals surface area contributed by atoms with Crippen molar-refractivity contribution in [3.63, 3.8) is 0 Å². The third-order valence-corrected chi connectivity index (χ3v) is 3.59. The number of rotatable bonds is 5. The van der Waals surface area contributed by atoms with E-state index in [0.29, 0.717) is 11.8 Å². The Morgan fingerprint density at radius 1 is 1.19 bits per heavy atom. The first-order valence-corrected chi connectivity index (χ1v) is 7.49. The maximum Gasteiger partial charge on any atom is 0.471 e. The molecule has 0 aliphatic heterocycles. The summed E-state index contributed by atoms with van der Waals surface area (Å²) in [5, 5.41) is 3.58. The molecule has 1 unspecified atom stereocenters. The van der Waals surface area contributed by atoms with Crippen LogP contribution in [-0.4, -0.2) is 21.4 Å². The number of aromatic nitrogens is 3. The zero-order valence-electron chi connectivity index (χ0n) is 12.8. The van der Waals surface area contributed by atoms with Gasteiger partial charge in [0.15, 0.2) is 18.1 Å². The summed E-state index contributed by atoms with van der Waals surface area (Å²) in [5.41, 5.74) is 0.750. The molecular weight excluding hydrogens is 375 g/mol. The van der Waals surface area contributed by atoms with E-state index in [1.807, 2.05) is 0 Å².